The maximum Gasteiger partial charge on any atom is 0.410 e. The van der Waals surface area contributed by atoms with Gasteiger partial charge in [-0.15, -0.1) is 0 Å². The molecule has 0 aromatic rings. The van der Waals surface area contributed by atoms with E-state index >= 15 is 0 Å². The highest BCUT2D eigenvalue weighted by molar-refractivity contribution is 5.71. The van der Waals surface area contributed by atoms with E-state index in [1.165, 1.54) is 0 Å². The highest BCUT2D eigenvalue weighted by Gasteiger charge is 2.42. The molecule has 1 heterocycles. The van der Waals surface area contributed by atoms with E-state index in [0.29, 0.717) is 19.1 Å². The van der Waals surface area contributed by atoms with Gasteiger partial charge in [-0.3, -0.25) is 9.69 Å². The van der Waals surface area contributed by atoms with E-state index in [0.717, 1.165) is 12.8 Å². The molecule has 1 atom stereocenters. The summed E-state index contributed by atoms with van der Waals surface area (Å²) in [7, 11) is 0. The Bertz CT molecular complexity index is 262. The van der Waals surface area contributed by atoms with Crippen LogP contribution in [0, 0.1) is 0 Å². The molecule has 2 aliphatic rings. The smallest absolute Gasteiger partial charge is 0.410 e. The van der Waals surface area contributed by atoms with Gasteiger partial charge in [-0.05, 0) is 19.3 Å². The number of carbonyl (C=O) groups excluding carboxylic acids is 1. The third-order valence-corrected chi connectivity index (χ3v) is 2.64. The number of aliphatic carboxylic acids is 1. The Kier molecular flexibility index (Phi) is 2.31. The first kappa shape index (κ1) is 9.30. The summed E-state index contributed by atoms with van der Waals surface area (Å²) in [5, 5.41) is 8.54. The van der Waals surface area contributed by atoms with E-state index in [9.17, 15) is 9.59 Å². The molecule has 1 saturated carbocycles. The molecule has 14 heavy (non-hydrogen) atoms. The van der Waals surface area contributed by atoms with Crippen molar-refractivity contribution in [3.8, 4) is 0 Å². The van der Waals surface area contributed by atoms with Crippen LogP contribution in [-0.2, 0) is 9.53 Å². The lowest BCUT2D eigenvalue weighted by Gasteiger charge is -2.19. The van der Waals surface area contributed by atoms with E-state index < -0.39 is 5.97 Å². The third kappa shape index (κ3) is 1.81. The lowest BCUT2D eigenvalue weighted by molar-refractivity contribution is -0.137. The van der Waals surface area contributed by atoms with Crippen molar-refractivity contribution in [2.45, 2.75) is 37.8 Å². The first-order valence-corrected chi connectivity index (χ1v) is 4.85. The van der Waals surface area contributed by atoms with Crippen LogP contribution in [-0.4, -0.2) is 40.8 Å². The van der Waals surface area contributed by atoms with Crippen molar-refractivity contribution in [3.05, 3.63) is 0 Å². The molecule has 5 heteroatoms. The van der Waals surface area contributed by atoms with Crippen LogP contribution in [0.25, 0.3) is 0 Å². The molecule has 78 valence electrons. The van der Waals surface area contributed by atoms with Gasteiger partial charge in [0.05, 0.1) is 6.04 Å². The Morgan fingerprint density at radius 1 is 1.57 bits per heavy atom. The van der Waals surface area contributed by atoms with Crippen molar-refractivity contribution in [2.75, 3.05) is 6.61 Å². The Labute approximate surface area is 81.6 Å². The Balaban J connectivity index is 1.90. The summed E-state index contributed by atoms with van der Waals surface area (Å²) < 4.78 is 4.91. The van der Waals surface area contributed by atoms with Crippen LogP contribution >= 0.6 is 0 Å². The number of carboxylic acids is 1. The lowest BCUT2D eigenvalue weighted by Crippen LogP contribution is -2.35. The second-order valence-corrected chi connectivity index (χ2v) is 3.80. The average molecular weight is 199 g/mol. The fourth-order valence-corrected chi connectivity index (χ4v) is 1.78. The SMILES string of the molecule is O=C(O)CCC1COC(=O)N1C1CC1. The van der Waals surface area contributed by atoms with Gasteiger partial charge in [-0.25, -0.2) is 4.79 Å². The fraction of sp³-hybridized carbons (Fsp3) is 0.778. The molecule has 5 nitrogen and oxygen atoms in total. The summed E-state index contributed by atoms with van der Waals surface area (Å²) in [6, 6.07) is 0.287. The number of hydrogen-bond acceptors (Lipinski definition) is 3. The first-order valence-electron chi connectivity index (χ1n) is 4.85. The molecule has 1 amide bonds. The number of hydrogen-bond donors (Lipinski definition) is 1. The molecule has 0 bridgehead atoms. The van der Waals surface area contributed by atoms with Crippen molar-refractivity contribution >= 4 is 12.1 Å². The van der Waals surface area contributed by atoms with Crippen molar-refractivity contribution < 1.29 is 19.4 Å². The van der Waals surface area contributed by atoms with Gasteiger partial charge in [-0.1, -0.05) is 0 Å². The van der Waals surface area contributed by atoms with Crippen LogP contribution in [0.2, 0.25) is 0 Å². The van der Waals surface area contributed by atoms with E-state index in [1.807, 2.05) is 0 Å². The Hall–Kier alpha value is -1.26. The summed E-state index contributed by atoms with van der Waals surface area (Å²) >= 11 is 0. The van der Waals surface area contributed by atoms with E-state index in [4.69, 9.17) is 9.84 Å². The Morgan fingerprint density at radius 3 is 2.86 bits per heavy atom. The number of nitrogens with zero attached hydrogens (tertiary/aromatic N) is 1. The van der Waals surface area contributed by atoms with E-state index in [2.05, 4.69) is 0 Å². The highest BCUT2D eigenvalue weighted by Crippen LogP contribution is 2.33. The van der Waals surface area contributed by atoms with Gasteiger partial charge >= 0.3 is 12.1 Å². The van der Waals surface area contributed by atoms with Gasteiger partial charge in [0.15, 0.2) is 0 Å². The molecule has 1 N–H and O–H groups in total. The molecule has 0 radical (unpaired) electrons. The fourth-order valence-electron chi connectivity index (χ4n) is 1.78. The van der Waals surface area contributed by atoms with Crippen molar-refractivity contribution in [1.82, 2.24) is 4.90 Å². The van der Waals surface area contributed by atoms with Gasteiger partial charge < -0.3 is 9.84 Å². The summed E-state index contributed by atoms with van der Waals surface area (Å²) in [6.07, 6.45) is 2.38. The normalized spacial score (nSPS) is 26.4. The molecule has 0 aromatic heterocycles. The predicted octanol–water partition coefficient (Wildman–Crippen LogP) is 0.834. The molecule has 0 spiro atoms. The molecule has 1 aliphatic carbocycles. The van der Waals surface area contributed by atoms with Gasteiger partial charge in [0.1, 0.15) is 6.61 Å². The number of rotatable bonds is 4. The minimum absolute atomic E-state index is 0.0221. The monoisotopic (exact) mass is 199 g/mol. The lowest BCUT2D eigenvalue weighted by atomic mass is 10.1. The van der Waals surface area contributed by atoms with Gasteiger partial charge in [0.25, 0.3) is 0 Å². The molecule has 1 unspecified atom stereocenters. The van der Waals surface area contributed by atoms with Crippen LogP contribution in [0.1, 0.15) is 25.7 Å². The van der Waals surface area contributed by atoms with Gasteiger partial charge in [0.2, 0.25) is 0 Å². The van der Waals surface area contributed by atoms with Crippen LogP contribution in [0.4, 0.5) is 4.79 Å². The second-order valence-electron chi connectivity index (χ2n) is 3.80. The maximum atomic E-state index is 11.3. The third-order valence-electron chi connectivity index (χ3n) is 2.64. The second kappa shape index (κ2) is 3.48. The van der Waals surface area contributed by atoms with Crippen molar-refractivity contribution in [3.63, 3.8) is 0 Å². The molecule has 2 fully saturated rings. The number of amides is 1. The maximum absolute atomic E-state index is 11.3. The molecular formula is C9H13NO4. The summed E-state index contributed by atoms with van der Waals surface area (Å²) in [6.45, 7) is 0.350. The zero-order valence-corrected chi connectivity index (χ0v) is 7.81. The number of ether oxygens (including phenoxy) is 1. The van der Waals surface area contributed by atoms with Gasteiger partial charge in [0, 0.05) is 12.5 Å². The highest BCUT2D eigenvalue weighted by atomic mass is 16.6. The number of carbonyl (C=O) groups is 2. The summed E-state index contributed by atoms with van der Waals surface area (Å²) in [5.41, 5.74) is 0. The topological polar surface area (TPSA) is 66.8 Å². The van der Waals surface area contributed by atoms with Gasteiger partial charge in [-0.2, -0.15) is 0 Å². The van der Waals surface area contributed by atoms with E-state index in [1.54, 1.807) is 4.90 Å². The molecule has 0 aromatic carbocycles. The summed E-state index contributed by atoms with van der Waals surface area (Å²) in [5.74, 6) is -0.819. The van der Waals surface area contributed by atoms with E-state index in [-0.39, 0.29) is 18.6 Å². The van der Waals surface area contributed by atoms with Crippen LogP contribution in [0.15, 0.2) is 0 Å². The largest absolute Gasteiger partial charge is 0.481 e. The minimum atomic E-state index is -0.819. The van der Waals surface area contributed by atoms with Crippen molar-refractivity contribution in [1.29, 1.82) is 0 Å². The van der Waals surface area contributed by atoms with Crippen molar-refractivity contribution in [2.24, 2.45) is 0 Å². The Morgan fingerprint density at radius 2 is 2.29 bits per heavy atom. The predicted molar refractivity (Wildman–Crippen MR) is 46.9 cm³/mol. The quantitative estimate of drug-likeness (QED) is 0.728. The van der Waals surface area contributed by atoms with Crippen LogP contribution in [0.5, 0.6) is 0 Å². The first-order chi connectivity index (χ1) is 6.68. The zero-order valence-electron chi connectivity index (χ0n) is 7.81. The van der Waals surface area contributed by atoms with Crippen LogP contribution < -0.4 is 0 Å². The molecule has 1 aliphatic heterocycles. The molecule has 1 saturated heterocycles. The molecular weight excluding hydrogens is 186 g/mol. The average Bonchev–Trinajstić information content (AvgIpc) is 2.88. The standard InChI is InChI=1S/C9H13NO4/c11-8(12)4-3-7-5-14-9(13)10(7)6-1-2-6/h6-7H,1-5H2,(H,11,12). The number of cyclic esters (lactones) is 1. The zero-order chi connectivity index (χ0) is 10.1. The van der Waals surface area contributed by atoms with Crippen LogP contribution in [0.3, 0.4) is 0 Å². The molecule has 2 rings (SSSR count). The minimum Gasteiger partial charge on any atom is -0.481 e. The summed E-state index contributed by atoms with van der Waals surface area (Å²) in [4.78, 5) is 23.4. The number of carboxylic acid groups (broad SMARTS) is 1.